The van der Waals surface area contributed by atoms with Gasteiger partial charge in [0.15, 0.2) is 0 Å². The number of hydrogen-bond donors (Lipinski definition) is 1. The minimum atomic E-state index is -2.39. The second-order valence-corrected chi connectivity index (χ2v) is 6.22. The van der Waals surface area contributed by atoms with Gasteiger partial charge in [0.25, 0.3) is 6.43 Å². The molecule has 1 aromatic rings. The van der Waals surface area contributed by atoms with Crippen molar-refractivity contribution in [3.05, 3.63) is 35.4 Å². The van der Waals surface area contributed by atoms with Gasteiger partial charge < -0.3 is 5.32 Å². The lowest BCUT2D eigenvalue weighted by molar-refractivity contribution is 0.150. The molecule has 4 heteroatoms. The molecular weight excluding hydrogens is 270 g/mol. The summed E-state index contributed by atoms with van der Waals surface area (Å²) in [5, 5.41) is 3.56. The molecule has 0 amide bonds. The molecule has 1 fully saturated rings. The quantitative estimate of drug-likeness (QED) is 0.854. The fourth-order valence-corrected chi connectivity index (χ4v) is 2.88. The molecule has 2 nitrogen and oxygen atoms in total. The van der Waals surface area contributed by atoms with E-state index in [0.29, 0.717) is 12.1 Å². The number of hydrogen-bond acceptors (Lipinski definition) is 2. The molecule has 0 spiro atoms. The van der Waals surface area contributed by atoms with Gasteiger partial charge in [0.2, 0.25) is 0 Å². The summed E-state index contributed by atoms with van der Waals surface area (Å²) >= 11 is 0. The lowest BCUT2D eigenvalue weighted by Gasteiger charge is -2.33. The van der Waals surface area contributed by atoms with Crippen LogP contribution in [-0.2, 0) is 6.54 Å². The summed E-state index contributed by atoms with van der Waals surface area (Å²) in [6.07, 6.45) is 1.36. The standard InChI is InChI=1S/C17H26F2N2/c1-13(2)21(12-16-8-3-4-9-20-16)11-14-6-5-7-15(10-14)17(18)19/h5-7,10,13,16-17,20H,3-4,8-9,11-12H2,1-2H3. The second-order valence-electron chi connectivity index (χ2n) is 6.22. The van der Waals surface area contributed by atoms with Crippen molar-refractivity contribution in [3.63, 3.8) is 0 Å². The number of piperidine rings is 1. The first kappa shape index (κ1) is 16.4. The third kappa shape index (κ3) is 5.04. The molecule has 21 heavy (non-hydrogen) atoms. The molecule has 1 aliphatic heterocycles. The van der Waals surface area contributed by atoms with E-state index in [0.717, 1.165) is 25.2 Å². The van der Waals surface area contributed by atoms with Crippen LogP contribution in [-0.4, -0.2) is 30.1 Å². The van der Waals surface area contributed by atoms with Crippen LogP contribution in [0, 0.1) is 0 Å². The highest BCUT2D eigenvalue weighted by Gasteiger charge is 2.19. The third-order valence-electron chi connectivity index (χ3n) is 4.19. The largest absolute Gasteiger partial charge is 0.313 e. The molecule has 1 atom stereocenters. The van der Waals surface area contributed by atoms with Gasteiger partial charge in [-0.2, -0.15) is 0 Å². The van der Waals surface area contributed by atoms with Gasteiger partial charge in [0.05, 0.1) is 0 Å². The maximum Gasteiger partial charge on any atom is 0.263 e. The number of halogens is 2. The Morgan fingerprint density at radius 2 is 2.10 bits per heavy atom. The van der Waals surface area contributed by atoms with Crippen LogP contribution in [0.25, 0.3) is 0 Å². The van der Waals surface area contributed by atoms with E-state index in [-0.39, 0.29) is 5.56 Å². The van der Waals surface area contributed by atoms with Crippen molar-refractivity contribution >= 4 is 0 Å². The van der Waals surface area contributed by atoms with Crippen molar-refractivity contribution in [1.82, 2.24) is 10.2 Å². The molecular formula is C17H26F2N2. The lowest BCUT2D eigenvalue weighted by Crippen LogP contribution is -2.45. The van der Waals surface area contributed by atoms with E-state index < -0.39 is 6.43 Å². The zero-order valence-corrected chi connectivity index (χ0v) is 13.0. The molecule has 1 aliphatic rings. The SMILES string of the molecule is CC(C)N(Cc1cccc(C(F)F)c1)CC1CCCCN1. The van der Waals surface area contributed by atoms with Crippen LogP contribution < -0.4 is 5.32 Å². The minimum Gasteiger partial charge on any atom is -0.313 e. The van der Waals surface area contributed by atoms with Crippen LogP contribution >= 0.6 is 0 Å². The summed E-state index contributed by atoms with van der Waals surface area (Å²) < 4.78 is 25.6. The first-order chi connectivity index (χ1) is 10.1. The van der Waals surface area contributed by atoms with Gasteiger partial charge in [0.1, 0.15) is 0 Å². The van der Waals surface area contributed by atoms with Crippen LogP contribution in [0.4, 0.5) is 8.78 Å². The summed E-state index contributed by atoms with van der Waals surface area (Å²) in [4.78, 5) is 2.37. The first-order valence-electron chi connectivity index (χ1n) is 7.90. The van der Waals surface area contributed by atoms with Crippen LogP contribution in [0.2, 0.25) is 0 Å². The normalized spacial score (nSPS) is 19.7. The second kappa shape index (κ2) is 7.85. The van der Waals surface area contributed by atoms with Crippen molar-refractivity contribution in [2.24, 2.45) is 0 Å². The Bertz CT molecular complexity index is 429. The molecule has 0 radical (unpaired) electrons. The smallest absolute Gasteiger partial charge is 0.263 e. The fraction of sp³-hybridized carbons (Fsp3) is 0.647. The van der Waals surface area contributed by atoms with E-state index in [1.165, 1.54) is 25.3 Å². The Hall–Kier alpha value is -1.00. The molecule has 1 N–H and O–H groups in total. The average molecular weight is 296 g/mol. The molecule has 1 aromatic carbocycles. The molecule has 118 valence electrons. The van der Waals surface area contributed by atoms with Gasteiger partial charge in [-0.3, -0.25) is 4.90 Å². The molecule has 0 aliphatic carbocycles. The maximum absolute atomic E-state index is 12.8. The Morgan fingerprint density at radius 1 is 1.29 bits per heavy atom. The number of rotatable bonds is 6. The molecule has 1 unspecified atom stereocenters. The van der Waals surface area contributed by atoms with Gasteiger partial charge >= 0.3 is 0 Å². The Balaban J connectivity index is 2.00. The number of benzene rings is 1. The van der Waals surface area contributed by atoms with E-state index >= 15 is 0 Å². The fourth-order valence-electron chi connectivity index (χ4n) is 2.88. The van der Waals surface area contributed by atoms with Crippen molar-refractivity contribution < 1.29 is 8.78 Å². The van der Waals surface area contributed by atoms with Crippen molar-refractivity contribution in [1.29, 1.82) is 0 Å². The van der Waals surface area contributed by atoms with Crippen molar-refractivity contribution in [3.8, 4) is 0 Å². The molecule has 0 saturated carbocycles. The summed E-state index contributed by atoms with van der Waals surface area (Å²) in [6.45, 7) is 7.14. The Labute approximate surface area is 126 Å². The first-order valence-corrected chi connectivity index (χ1v) is 7.90. The number of nitrogens with zero attached hydrogens (tertiary/aromatic N) is 1. The summed E-state index contributed by atoms with van der Waals surface area (Å²) in [6, 6.07) is 7.73. The molecule has 2 rings (SSSR count). The van der Waals surface area contributed by atoms with E-state index in [4.69, 9.17) is 0 Å². The predicted octanol–water partition coefficient (Wildman–Crippen LogP) is 3.98. The van der Waals surface area contributed by atoms with Gasteiger partial charge in [0, 0.05) is 30.7 Å². The average Bonchev–Trinajstić information content (AvgIpc) is 2.48. The number of alkyl halides is 2. The summed E-state index contributed by atoms with van der Waals surface area (Å²) in [7, 11) is 0. The highest BCUT2D eigenvalue weighted by atomic mass is 19.3. The maximum atomic E-state index is 12.8. The van der Waals surface area contributed by atoms with Crippen LogP contribution in [0.15, 0.2) is 24.3 Å². The van der Waals surface area contributed by atoms with Crippen LogP contribution in [0.1, 0.15) is 50.7 Å². The Morgan fingerprint density at radius 3 is 2.71 bits per heavy atom. The summed E-state index contributed by atoms with van der Waals surface area (Å²) in [5.41, 5.74) is 1.09. The zero-order valence-electron chi connectivity index (χ0n) is 13.0. The molecule has 1 saturated heterocycles. The highest BCUT2D eigenvalue weighted by molar-refractivity contribution is 5.24. The third-order valence-corrected chi connectivity index (χ3v) is 4.19. The highest BCUT2D eigenvalue weighted by Crippen LogP contribution is 2.21. The topological polar surface area (TPSA) is 15.3 Å². The molecule has 0 bridgehead atoms. The van der Waals surface area contributed by atoms with Crippen molar-refractivity contribution in [2.75, 3.05) is 13.1 Å². The van der Waals surface area contributed by atoms with E-state index in [1.54, 1.807) is 12.1 Å². The zero-order chi connectivity index (χ0) is 15.2. The van der Waals surface area contributed by atoms with Gasteiger partial charge in [-0.1, -0.05) is 24.6 Å². The predicted molar refractivity (Wildman–Crippen MR) is 82.6 cm³/mol. The van der Waals surface area contributed by atoms with Gasteiger partial charge in [-0.15, -0.1) is 0 Å². The molecule has 1 heterocycles. The van der Waals surface area contributed by atoms with E-state index in [1.807, 2.05) is 6.07 Å². The summed E-state index contributed by atoms with van der Waals surface area (Å²) in [5.74, 6) is 0. The van der Waals surface area contributed by atoms with E-state index in [9.17, 15) is 8.78 Å². The van der Waals surface area contributed by atoms with E-state index in [2.05, 4.69) is 24.1 Å². The Kier molecular flexibility index (Phi) is 6.12. The van der Waals surface area contributed by atoms with Crippen LogP contribution in [0.3, 0.4) is 0 Å². The number of nitrogens with one attached hydrogen (secondary N) is 1. The molecule has 0 aromatic heterocycles. The van der Waals surface area contributed by atoms with Crippen molar-refractivity contribution in [2.45, 2.75) is 58.2 Å². The lowest BCUT2D eigenvalue weighted by atomic mass is 10.0. The van der Waals surface area contributed by atoms with Gasteiger partial charge in [-0.05, 0) is 44.9 Å². The monoisotopic (exact) mass is 296 g/mol. The van der Waals surface area contributed by atoms with Crippen LogP contribution in [0.5, 0.6) is 0 Å². The minimum absolute atomic E-state index is 0.118. The van der Waals surface area contributed by atoms with Gasteiger partial charge in [-0.25, -0.2) is 8.78 Å².